The van der Waals surface area contributed by atoms with Crippen molar-refractivity contribution >= 4 is 21.4 Å². The number of hydrogen-bond acceptors (Lipinski definition) is 6. The Balaban J connectivity index is 1.69. The van der Waals surface area contributed by atoms with E-state index in [1.54, 1.807) is 24.3 Å². The average Bonchev–Trinajstić information content (AvgIpc) is 3.18. The predicted octanol–water partition coefficient (Wildman–Crippen LogP) is 3.89. The molecule has 0 aliphatic carbocycles. The first-order valence-corrected chi connectivity index (χ1v) is 12.4. The zero-order chi connectivity index (χ0) is 22.0. The molecule has 2 aromatic carbocycles. The Kier molecular flexibility index (Phi) is 6.41. The summed E-state index contributed by atoms with van der Waals surface area (Å²) in [6, 6.07) is 14.2. The first kappa shape index (κ1) is 21.9. The Bertz CT molecular complexity index is 1120. The minimum Gasteiger partial charge on any atom is -0.290 e. The highest BCUT2D eigenvalue weighted by Gasteiger charge is 2.31. The van der Waals surface area contributed by atoms with Gasteiger partial charge in [0, 0.05) is 5.02 Å². The van der Waals surface area contributed by atoms with Crippen molar-refractivity contribution in [2.24, 2.45) is 5.92 Å². The van der Waals surface area contributed by atoms with Crippen LogP contribution in [0.1, 0.15) is 42.8 Å². The molecule has 0 spiro atoms. The molecule has 164 valence electrons. The molecule has 1 atom stereocenters. The van der Waals surface area contributed by atoms with Gasteiger partial charge in [-0.05, 0) is 79.0 Å². The van der Waals surface area contributed by atoms with Gasteiger partial charge in [-0.3, -0.25) is 4.90 Å². The highest BCUT2D eigenvalue weighted by atomic mass is 35.5. The van der Waals surface area contributed by atoms with Crippen LogP contribution in [0.3, 0.4) is 0 Å². The standard InChI is InChI=1S/C22H26ClN5O2S/c1-16-3-9-20(10-4-16)31(29,30)15-28-22(24-25-26-28)21(18-5-7-19(23)8-6-18)27-13-11-17(2)12-14-27/h3-10,17,21H,11-15H2,1-2H3/t21-/m1/s1. The van der Waals surface area contributed by atoms with Crippen LogP contribution in [-0.4, -0.2) is 46.6 Å². The molecule has 1 aliphatic heterocycles. The summed E-state index contributed by atoms with van der Waals surface area (Å²) in [6.07, 6.45) is 2.15. The number of likely N-dealkylation sites (tertiary alicyclic amines) is 1. The Morgan fingerprint density at radius 1 is 1.06 bits per heavy atom. The van der Waals surface area contributed by atoms with Crippen molar-refractivity contribution in [3.05, 3.63) is 70.5 Å². The van der Waals surface area contributed by atoms with Crippen LogP contribution in [0.5, 0.6) is 0 Å². The molecular formula is C22H26ClN5O2S. The lowest BCUT2D eigenvalue weighted by Crippen LogP contribution is -2.38. The van der Waals surface area contributed by atoms with Gasteiger partial charge in [-0.25, -0.2) is 13.1 Å². The number of hydrogen-bond donors (Lipinski definition) is 0. The van der Waals surface area contributed by atoms with E-state index < -0.39 is 9.84 Å². The molecule has 9 heteroatoms. The number of rotatable bonds is 6. The van der Waals surface area contributed by atoms with Gasteiger partial charge in [0.15, 0.2) is 21.5 Å². The van der Waals surface area contributed by atoms with Crippen molar-refractivity contribution in [1.29, 1.82) is 0 Å². The van der Waals surface area contributed by atoms with Crippen LogP contribution in [0.2, 0.25) is 5.02 Å². The smallest absolute Gasteiger partial charge is 0.198 e. The molecule has 1 aliphatic rings. The van der Waals surface area contributed by atoms with Gasteiger partial charge in [-0.15, -0.1) is 5.10 Å². The van der Waals surface area contributed by atoms with Crippen molar-refractivity contribution in [1.82, 2.24) is 25.1 Å². The summed E-state index contributed by atoms with van der Waals surface area (Å²) in [5.74, 6) is 0.875. The fourth-order valence-corrected chi connectivity index (χ4v) is 5.27. The summed E-state index contributed by atoms with van der Waals surface area (Å²) < 4.78 is 27.5. The number of aryl methyl sites for hydroxylation is 1. The number of halogens is 1. The van der Waals surface area contributed by atoms with E-state index in [0.29, 0.717) is 16.8 Å². The zero-order valence-electron chi connectivity index (χ0n) is 17.6. The van der Waals surface area contributed by atoms with Crippen molar-refractivity contribution < 1.29 is 8.42 Å². The Hall–Kier alpha value is -2.29. The summed E-state index contributed by atoms with van der Waals surface area (Å²) in [5, 5.41) is 12.8. The molecule has 0 radical (unpaired) electrons. The maximum atomic E-state index is 13.0. The van der Waals surface area contributed by atoms with E-state index in [-0.39, 0.29) is 16.8 Å². The van der Waals surface area contributed by atoms with Crippen LogP contribution < -0.4 is 0 Å². The average molecular weight is 460 g/mol. The summed E-state index contributed by atoms with van der Waals surface area (Å²) >= 11 is 6.11. The second-order valence-corrected chi connectivity index (χ2v) is 10.7. The quantitative estimate of drug-likeness (QED) is 0.556. The predicted molar refractivity (Wildman–Crippen MR) is 119 cm³/mol. The van der Waals surface area contributed by atoms with Crippen LogP contribution in [0, 0.1) is 12.8 Å². The van der Waals surface area contributed by atoms with Gasteiger partial charge in [0.05, 0.1) is 10.9 Å². The van der Waals surface area contributed by atoms with E-state index in [1.807, 2.05) is 31.2 Å². The summed E-state index contributed by atoms with van der Waals surface area (Å²) in [6.45, 7) is 5.97. The van der Waals surface area contributed by atoms with Crippen LogP contribution in [0.15, 0.2) is 53.4 Å². The Morgan fingerprint density at radius 3 is 2.35 bits per heavy atom. The zero-order valence-corrected chi connectivity index (χ0v) is 19.2. The van der Waals surface area contributed by atoms with Gasteiger partial charge in [0.1, 0.15) is 0 Å². The van der Waals surface area contributed by atoms with E-state index in [2.05, 4.69) is 27.3 Å². The van der Waals surface area contributed by atoms with Gasteiger partial charge in [0.25, 0.3) is 0 Å². The normalized spacial score (nSPS) is 17.0. The molecule has 1 saturated heterocycles. The van der Waals surface area contributed by atoms with Gasteiger partial charge < -0.3 is 0 Å². The summed E-state index contributed by atoms with van der Waals surface area (Å²) in [5.41, 5.74) is 1.99. The summed E-state index contributed by atoms with van der Waals surface area (Å²) in [4.78, 5) is 2.58. The van der Waals surface area contributed by atoms with Crippen LogP contribution in [0.25, 0.3) is 0 Å². The number of tetrazole rings is 1. The molecule has 0 N–H and O–H groups in total. The topological polar surface area (TPSA) is 81.0 Å². The Labute approximate surface area is 187 Å². The van der Waals surface area contributed by atoms with Gasteiger partial charge in [0.2, 0.25) is 0 Å². The monoisotopic (exact) mass is 459 g/mol. The van der Waals surface area contributed by atoms with E-state index in [9.17, 15) is 8.42 Å². The first-order chi connectivity index (χ1) is 14.8. The van der Waals surface area contributed by atoms with Crippen LogP contribution >= 0.6 is 11.6 Å². The Morgan fingerprint density at radius 2 is 1.71 bits per heavy atom. The van der Waals surface area contributed by atoms with Crippen LogP contribution in [0.4, 0.5) is 0 Å². The molecule has 4 rings (SSSR count). The molecule has 0 saturated carbocycles. The van der Waals surface area contributed by atoms with Crippen molar-refractivity contribution in [3.8, 4) is 0 Å². The van der Waals surface area contributed by atoms with Crippen molar-refractivity contribution in [3.63, 3.8) is 0 Å². The lowest BCUT2D eigenvalue weighted by molar-refractivity contribution is 0.150. The fraction of sp³-hybridized carbons (Fsp3) is 0.409. The number of piperidine rings is 1. The van der Waals surface area contributed by atoms with Crippen LogP contribution in [-0.2, 0) is 15.7 Å². The highest BCUT2D eigenvalue weighted by Crippen LogP contribution is 2.32. The number of sulfone groups is 1. The minimum atomic E-state index is -3.60. The van der Waals surface area contributed by atoms with Crippen molar-refractivity contribution in [2.45, 2.75) is 43.5 Å². The van der Waals surface area contributed by atoms with Gasteiger partial charge >= 0.3 is 0 Å². The molecule has 7 nitrogen and oxygen atoms in total. The third-order valence-corrected chi connectivity index (χ3v) is 7.67. The van der Waals surface area contributed by atoms with E-state index in [0.717, 1.165) is 37.1 Å². The molecule has 0 bridgehead atoms. The first-order valence-electron chi connectivity index (χ1n) is 10.4. The second-order valence-electron chi connectivity index (χ2n) is 8.27. The minimum absolute atomic E-state index is 0.243. The third-order valence-electron chi connectivity index (χ3n) is 5.85. The van der Waals surface area contributed by atoms with Crippen molar-refractivity contribution in [2.75, 3.05) is 13.1 Å². The number of aromatic nitrogens is 4. The molecule has 3 aromatic rings. The SMILES string of the molecule is Cc1ccc(S(=O)(=O)Cn2nnnc2[C@@H](c2ccc(Cl)cc2)N2CCC(C)CC2)cc1. The highest BCUT2D eigenvalue weighted by molar-refractivity contribution is 7.90. The molecule has 2 heterocycles. The van der Waals surface area contributed by atoms with E-state index in [1.165, 1.54) is 4.68 Å². The lowest BCUT2D eigenvalue weighted by atomic mass is 9.95. The number of benzene rings is 2. The lowest BCUT2D eigenvalue weighted by Gasteiger charge is -2.36. The molecular weight excluding hydrogens is 434 g/mol. The summed E-state index contributed by atoms with van der Waals surface area (Å²) in [7, 11) is -3.60. The molecule has 0 unspecified atom stereocenters. The van der Waals surface area contributed by atoms with Gasteiger partial charge in [-0.1, -0.05) is 48.4 Å². The second kappa shape index (κ2) is 9.06. The maximum Gasteiger partial charge on any atom is 0.198 e. The maximum absolute atomic E-state index is 13.0. The van der Waals surface area contributed by atoms with Gasteiger partial charge in [-0.2, -0.15) is 0 Å². The van der Waals surface area contributed by atoms with E-state index >= 15 is 0 Å². The molecule has 31 heavy (non-hydrogen) atoms. The molecule has 1 aromatic heterocycles. The molecule has 1 fully saturated rings. The largest absolute Gasteiger partial charge is 0.290 e. The number of nitrogens with zero attached hydrogens (tertiary/aromatic N) is 5. The molecule has 0 amide bonds. The fourth-order valence-electron chi connectivity index (χ4n) is 3.94. The third kappa shape index (κ3) is 4.97. The van der Waals surface area contributed by atoms with E-state index in [4.69, 9.17) is 11.6 Å².